The first-order valence-corrected chi connectivity index (χ1v) is 7.03. The smallest absolute Gasteiger partial charge is 0.313 e. The molecule has 0 bridgehead atoms. The minimum absolute atomic E-state index is 0.192. The van der Waals surface area contributed by atoms with Gasteiger partial charge in [0, 0.05) is 18.5 Å². The molecule has 0 aliphatic rings. The summed E-state index contributed by atoms with van der Waals surface area (Å²) in [5.74, 6) is 0. The first-order valence-electron chi connectivity index (χ1n) is 6.21. The van der Waals surface area contributed by atoms with E-state index in [9.17, 15) is 4.79 Å². The van der Waals surface area contributed by atoms with Gasteiger partial charge in [0.2, 0.25) is 0 Å². The van der Waals surface area contributed by atoms with Crippen molar-refractivity contribution in [3.63, 3.8) is 0 Å². The van der Waals surface area contributed by atoms with Crippen molar-refractivity contribution < 1.29 is 0 Å². The number of benzene rings is 1. The fourth-order valence-corrected chi connectivity index (χ4v) is 2.63. The molecule has 0 fully saturated rings. The maximum absolute atomic E-state index is 11.4. The molecule has 2 rings (SSSR count). The quantitative estimate of drug-likeness (QED) is 0.873. The molecule has 0 radical (unpaired) electrons. The Hall–Kier alpha value is -1.53. The highest BCUT2D eigenvalue weighted by molar-refractivity contribution is 7.99. The van der Waals surface area contributed by atoms with Crippen molar-refractivity contribution in [1.82, 2.24) is 20.1 Å². The number of hydrogen-bond acceptors (Lipinski definition) is 4. The van der Waals surface area contributed by atoms with Crippen LogP contribution < -0.4 is 11.0 Å². The Bertz CT molecular complexity index is 617. The summed E-state index contributed by atoms with van der Waals surface area (Å²) in [7, 11) is 1.71. The van der Waals surface area contributed by atoms with Crippen LogP contribution in [0.3, 0.4) is 0 Å². The number of nitrogens with zero attached hydrogens (tertiary/aromatic N) is 2. The molecular formula is C13H18N4OS. The molecule has 1 heterocycles. The molecule has 0 saturated carbocycles. The van der Waals surface area contributed by atoms with Gasteiger partial charge in [0.15, 0.2) is 5.16 Å². The minimum atomic E-state index is -0.192. The summed E-state index contributed by atoms with van der Waals surface area (Å²) < 4.78 is 1.52. The average Bonchev–Trinajstić information content (AvgIpc) is 2.71. The molecule has 0 atom stereocenters. The maximum atomic E-state index is 11.4. The van der Waals surface area contributed by atoms with E-state index in [1.54, 1.807) is 7.05 Å². The van der Waals surface area contributed by atoms with E-state index in [2.05, 4.69) is 47.6 Å². The highest BCUT2D eigenvalue weighted by Crippen LogP contribution is 2.28. The summed E-state index contributed by atoms with van der Waals surface area (Å²) in [5, 5.41) is 10.5. The van der Waals surface area contributed by atoms with Gasteiger partial charge in [0.25, 0.3) is 0 Å². The summed E-state index contributed by atoms with van der Waals surface area (Å²) in [4.78, 5) is 12.5. The van der Waals surface area contributed by atoms with Gasteiger partial charge in [-0.1, -0.05) is 24.6 Å². The molecule has 5 nitrogen and oxygen atoms in total. The molecule has 6 heteroatoms. The van der Waals surface area contributed by atoms with Crippen LogP contribution in [0.4, 0.5) is 0 Å². The molecule has 2 aromatic rings. The lowest BCUT2D eigenvalue weighted by atomic mass is 10.1. The minimum Gasteiger partial charge on any atom is -0.313 e. The van der Waals surface area contributed by atoms with Gasteiger partial charge in [0.05, 0.1) is 0 Å². The second-order valence-corrected chi connectivity index (χ2v) is 5.37. The number of nitrogens with one attached hydrogen (secondary N) is 2. The molecule has 1 aromatic carbocycles. The van der Waals surface area contributed by atoms with Crippen molar-refractivity contribution in [2.45, 2.75) is 30.4 Å². The number of H-pyrrole nitrogens is 1. The molecule has 0 aliphatic heterocycles. The molecule has 102 valence electrons. The van der Waals surface area contributed by atoms with Gasteiger partial charge in [0.1, 0.15) is 0 Å². The van der Waals surface area contributed by atoms with Crippen molar-refractivity contribution >= 4 is 11.8 Å². The van der Waals surface area contributed by atoms with Crippen LogP contribution >= 0.6 is 11.8 Å². The number of aromatic amines is 1. The Morgan fingerprint density at radius 3 is 2.89 bits per heavy atom. The fraction of sp³-hybridized carbons (Fsp3) is 0.385. The number of rotatable bonds is 5. The normalized spacial score (nSPS) is 10.9. The van der Waals surface area contributed by atoms with Gasteiger partial charge in [-0.15, -0.1) is 5.10 Å². The third-order valence-corrected chi connectivity index (χ3v) is 3.99. The molecule has 19 heavy (non-hydrogen) atoms. The third-order valence-electron chi connectivity index (χ3n) is 2.82. The van der Waals surface area contributed by atoms with Gasteiger partial charge in [-0.25, -0.2) is 9.89 Å². The van der Waals surface area contributed by atoms with Crippen LogP contribution in [0.5, 0.6) is 0 Å². The van der Waals surface area contributed by atoms with Gasteiger partial charge >= 0.3 is 5.69 Å². The van der Waals surface area contributed by atoms with Gasteiger partial charge < -0.3 is 5.32 Å². The monoisotopic (exact) mass is 278 g/mol. The Kier molecular flexibility index (Phi) is 4.44. The van der Waals surface area contributed by atoms with Crippen LogP contribution in [-0.4, -0.2) is 21.3 Å². The lowest BCUT2D eigenvalue weighted by molar-refractivity contribution is 0.716. The predicted molar refractivity (Wildman–Crippen MR) is 76.5 cm³/mol. The summed E-state index contributed by atoms with van der Waals surface area (Å²) in [6.07, 6.45) is 0. The highest BCUT2D eigenvalue weighted by atomic mass is 32.2. The van der Waals surface area contributed by atoms with Crippen LogP contribution in [0.15, 0.2) is 33.0 Å². The van der Waals surface area contributed by atoms with E-state index >= 15 is 0 Å². The Morgan fingerprint density at radius 2 is 2.26 bits per heavy atom. The Labute approximate surface area is 116 Å². The highest BCUT2D eigenvalue weighted by Gasteiger charge is 2.10. The fourth-order valence-electron chi connectivity index (χ4n) is 1.73. The van der Waals surface area contributed by atoms with Crippen molar-refractivity contribution in [3.05, 3.63) is 39.8 Å². The first-order chi connectivity index (χ1) is 9.11. The summed E-state index contributed by atoms with van der Waals surface area (Å²) >= 11 is 1.50. The van der Waals surface area contributed by atoms with E-state index in [1.165, 1.54) is 27.5 Å². The van der Waals surface area contributed by atoms with E-state index in [0.29, 0.717) is 5.16 Å². The zero-order valence-corrected chi connectivity index (χ0v) is 12.2. The lowest BCUT2D eigenvalue weighted by Crippen LogP contribution is -2.13. The van der Waals surface area contributed by atoms with E-state index in [4.69, 9.17) is 0 Å². The molecular weight excluding hydrogens is 260 g/mol. The number of hydrogen-bond donors (Lipinski definition) is 2. The third kappa shape index (κ3) is 3.27. The van der Waals surface area contributed by atoms with Crippen LogP contribution in [0.1, 0.15) is 18.1 Å². The number of aromatic nitrogens is 3. The van der Waals surface area contributed by atoms with Crippen LogP contribution in [0.25, 0.3) is 0 Å². The SMILES string of the molecule is CCNCc1cc(C)ccc1Sc1n[nH]c(=O)n1C. The zero-order valence-electron chi connectivity index (χ0n) is 11.4. The summed E-state index contributed by atoms with van der Waals surface area (Å²) in [6.45, 7) is 5.91. The van der Waals surface area contributed by atoms with Crippen molar-refractivity contribution in [1.29, 1.82) is 0 Å². The summed E-state index contributed by atoms with van der Waals surface area (Å²) in [6, 6.07) is 6.31. The lowest BCUT2D eigenvalue weighted by Gasteiger charge is -2.10. The Morgan fingerprint density at radius 1 is 1.47 bits per heavy atom. The second kappa shape index (κ2) is 6.08. The molecule has 0 aliphatic carbocycles. The first kappa shape index (κ1) is 13.9. The van der Waals surface area contributed by atoms with E-state index in [-0.39, 0.29) is 5.69 Å². The number of aryl methyl sites for hydroxylation is 1. The standard InChI is InChI=1S/C13H18N4OS/c1-4-14-8-10-7-9(2)5-6-11(10)19-13-16-15-12(18)17(13)3/h5-7,14H,4,8H2,1-3H3,(H,15,18). The van der Waals surface area contributed by atoms with Crippen molar-refractivity contribution in [2.75, 3.05) is 6.54 Å². The Balaban J connectivity index is 2.28. The van der Waals surface area contributed by atoms with E-state index < -0.39 is 0 Å². The van der Waals surface area contributed by atoms with E-state index in [0.717, 1.165) is 18.0 Å². The van der Waals surface area contributed by atoms with Crippen LogP contribution in [0, 0.1) is 6.92 Å². The maximum Gasteiger partial charge on any atom is 0.343 e. The molecule has 0 unspecified atom stereocenters. The largest absolute Gasteiger partial charge is 0.343 e. The molecule has 1 aromatic heterocycles. The molecule has 0 amide bonds. The van der Waals surface area contributed by atoms with Gasteiger partial charge in [-0.2, -0.15) is 0 Å². The van der Waals surface area contributed by atoms with Crippen molar-refractivity contribution in [2.24, 2.45) is 7.05 Å². The van der Waals surface area contributed by atoms with Crippen molar-refractivity contribution in [3.8, 4) is 0 Å². The zero-order chi connectivity index (χ0) is 13.8. The second-order valence-electron chi connectivity index (χ2n) is 4.36. The molecule has 2 N–H and O–H groups in total. The summed E-state index contributed by atoms with van der Waals surface area (Å²) in [5.41, 5.74) is 2.26. The predicted octanol–water partition coefficient (Wildman–Crippen LogP) is 1.68. The van der Waals surface area contributed by atoms with E-state index in [1.807, 2.05) is 0 Å². The molecule has 0 spiro atoms. The molecule has 0 saturated heterocycles. The van der Waals surface area contributed by atoms with Gasteiger partial charge in [-0.05, 0) is 36.9 Å². The topological polar surface area (TPSA) is 62.7 Å². The average molecular weight is 278 g/mol. The van der Waals surface area contributed by atoms with Crippen LogP contribution in [0.2, 0.25) is 0 Å². The van der Waals surface area contributed by atoms with Crippen LogP contribution in [-0.2, 0) is 13.6 Å². The van der Waals surface area contributed by atoms with Gasteiger partial charge in [-0.3, -0.25) is 4.57 Å².